The second kappa shape index (κ2) is 9.71. The van der Waals surface area contributed by atoms with Gasteiger partial charge in [-0.05, 0) is 48.2 Å². The van der Waals surface area contributed by atoms with Crippen molar-refractivity contribution in [1.29, 1.82) is 0 Å². The summed E-state index contributed by atoms with van der Waals surface area (Å²) in [5.41, 5.74) is 5.89. The lowest BCUT2D eigenvalue weighted by Crippen LogP contribution is -2.44. The molecule has 0 spiro atoms. The number of piperazine rings is 1. The summed E-state index contributed by atoms with van der Waals surface area (Å²) in [5.74, 6) is 0.872. The lowest BCUT2D eigenvalue weighted by Gasteiger charge is -2.35. The number of methoxy groups -OCH3 is 1. The fourth-order valence-electron chi connectivity index (χ4n) is 5.36. The van der Waals surface area contributed by atoms with E-state index in [1.54, 1.807) is 19.5 Å². The molecule has 8 heteroatoms. The van der Waals surface area contributed by atoms with Crippen LogP contribution >= 0.6 is 0 Å². The Bertz CT molecular complexity index is 1450. The summed E-state index contributed by atoms with van der Waals surface area (Å²) >= 11 is 0. The van der Waals surface area contributed by atoms with Crippen molar-refractivity contribution in [2.75, 3.05) is 62.0 Å². The number of benzene rings is 3. The molecule has 188 valence electrons. The number of urea groups is 1. The van der Waals surface area contributed by atoms with Gasteiger partial charge >= 0.3 is 6.03 Å². The highest BCUT2D eigenvalue weighted by Gasteiger charge is 2.29. The monoisotopic (exact) mass is 494 g/mol. The molecule has 0 bridgehead atoms. The van der Waals surface area contributed by atoms with Gasteiger partial charge in [-0.3, -0.25) is 4.90 Å². The average Bonchev–Trinajstić information content (AvgIpc) is 3.36. The van der Waals surface area contributed by atoms with Gasteiger partial charge in [-0.25, -0.2) is 14.8 Å². The Balaban J connectivity index is 1.30. The Morgan fingerprint density at radius 1 is 0.919 bits per heavy atom. The molecule has 4 aromatic rings. The number of fused-ring (bicyclic) bond motifs is 2. The van der Waals surface area contributed by atoms with Gasteiger partial charge in [-0.15, -0.1) is 0 Å². The van der Waals surface area contributed by atoms with Crippen LogP contribution in [-0.4, -0.2) is 67.8 Å². The topological polar surface area (TPSA) is 73.8 Å². The molecular weight excluding hydrogens is 464 g/mol. The Morgan fingerprint density at radius 2 is 1.68 bits per heavy atom. The van der Waals surface area contributed by atoms with Crippen molar-refractivity contribution < 1.29 is 9.53 Å². The largest absolute Gasteiger partial charge is 0.495 e. The molecular formula is C29H30N6O2. The zero-order valence-electron chi connectivity index (χ0n) is 21.1. The molecule has 0 atom stereocenters. The van der Waals surface area contributed by atoms with Gasteiger partial charge in [0, 0.05) is 56.1 Å². The van der Waals surface area contributed by atoms with Crippen molar-refractivity contribution in [2.24, 2.45) is 0 Å². The van der Waals surface area contributed by atoms with Crippen molar-refractivity contribution in [3.05, 3.63) is 72.8 Å². The van der Waals surface area contributed by atoms with Crippen LogP contribution in [-0.2, 0) is 6.42 Å². The van der Waals surface area contributed by atoms with E-state index < -0.39 is 0 Å². The van der Waals surface area contributed by atoms with Gasteiger partial charge in [0.2, 0.25) is 0 Å². The number of ether oxygens (including phenoxy) is 1. The van der Waals surface area contributed by atoms with E-state index in [1.165, 1.54) is 6.33 Å². The van der Waals surface area contributed by atoms with Crippen LogP contribution in [0.2, 0.25) is 0 Å². The van der Waals surface area contributed by atoms with Gasteiger partial charge in [0.15, 0.2) is 0 Å². The quantitative estimate of drug-likeness (QED) is 0.445. The first-order valence-corrected chi connectivity index (χ1v) is 12.6. The molecule has 2 amide bonds. The molecule has 37 heavy (non-hydrogen) atoms. The van der Waals surface area contributed by atoms with Crippen LogP contribution in [0.4, 0.5) is 21.9 Å². The summed E-state index contributed by atoms with van der Waals surface area (Å²) in [7, 11) is 3.87. The molecule has 3 heterocycles. The standard InChI is InChI=1S/C29H30N6O2/c1-33-11-13-34(14-12-33)27-16-26-20(15-28(27)37-2)9-10-35(26)29(36)32-25-8-4-6-23-22(5-3-7-24(23)25)21-17-30-19-31-18-21/h3-8,15-19H,9-14H2,1-2H3,(H,32,36). The van der Waals surface area contributed by atoms with E-state index in [-0.39, 0.29) is 6.03 Å². The highest BCUT2D eigenvalue weighted by molar-refractivity contribution is 6.10. The first-order valence-electron chi connectivity index (χ1n) is 12.6. The maximum atomic E-state index is 13.6. The molecule has 2 aliphatic heterocycles. The molecule has 2 aliphatic rings. The van der Waals surface area contributed by atoms with Gasteiger partial charge in [0.1, 0.15) is 12.1 Å². The second-order valence-electron chi connectivity index (χ2n) is 9.61. The summed E-state index contributed by atoms with van der Waals surface area (Å²) in [6.45, 7) is 4.50. The van der Waals surface area contributed by atoms with Crippen LogP contribution in [0.1, 0.15) is 5.56 Å². The lowest BCUT2D eigenvalue weighted by atomic mass is 9.99. The SMILES string of the molecule is COc1cc2c(cc1N1CCN(C)CC1)N(C(=O)Nc1cccc3c(-c4cncnc4)cccc13)CC2. The van der Waals surface area contributed by atoms with Gasteiger partial charge in [0.05, 0.1) is 24.2 Å². The van der Waals surface area contributed by atoms with Crippen LogP contribution < -0.4 is 19.9 Å². The van der Waals surface area contributed by atoms with Gasteiger partial charge in [-0.1, -0.05) is 30.3 Å². The molecule has 6 rings (SSSR count). The number of hydrogen-bond acceptors (Lipinski definition) is 6. The zero-order valence-corrected chi connectivity index (χ0v) is 21.1. The minimum Gasteiger partial charge on any atom is -0.495 e. The average molecular weight is 495 g/mol. The molecule has 0 aliphatic carbocycles. The van der Waals surface area contributed by atoms with Gasteiger partial charge in [0.25, 0.3) is 0 Å². The highest BCUT2D eigenvalue weighted by Crippen LogP contribution is 2.40. The minimum absolute atomic E-state index is 0.130. The number of amides is 2. The Labute approximate surface area is 216 Å². The molecule has 0 radical (unpaired) electrons. The fraction of sp³-hybridized carbons (Fsp3) is 0.276. The number of anilines is 3. The third kappa shape index (κ3) is 4.34. The van der Waals surface area contributed by atoms with Crippen LogP contribution in [0, 0.1) is 0 Å². The maximum Gasteiger partial charge on any atom is 0.326 e. The third-order valence-electron chi connectivity index (χ3n) is 7.40. The third-order valence-corrected chi connectivity index (χ3v) is 7.40. The number of likely N-dealkylation sites (N-methyl/N-ethyl adjacent to an activating group) is 1. The van der Waals surface area contributed by atoms with Crippen molar-refractivity contribution in [2.45, 2.75) is 6.42 Å². The van der Waals surface area contributed by atoms with Gasteiger partial charge in [-0.2, -0.15) is 0 Å². The van der Waals surface area contributed by atoms with Crippen LogP contribution in [0.15, 0.2) is 67.3 Å². The minimum atomic E-state index is -0.130. The maximum absolute atomic E-state index is 13.6. The summed E-state index contributed by atoms with van der Waals surface area (Å²) in [6.07, 6.45) is 5.94. The first-order chi connectivity index (χ1) is 18.1. The van der Waals surface area contributed by atoms with E-state index in [0.29, 0.717) is 6.54 Å². The number of nitrogens with one attached hydrogen (secondary N) is 1. The number of carbonyl (C=O) groups is 1. The summed E-state index contributed by atoms with van der Waals surface area (Å²) < 4.78 is 5.75. The molecule has 1 aromatic heterocycles. The summed E-state index contributed by atoms with van der Waals surface area (Å²) in [6, 6.07) is 16.2. The molecule has 1 fully saturated rings. The Kier molecular flexibility index (Phi) is 6.10. The van der Waals surface area contributed by atoms with Crippen molar-refractivity contribution in [3.8, 4) is 16.9 Å². The number of rotatable bonds is 4. The molecule has 3 aromatic carbocycles. The van der Waals surface area contributed by atoms with E-state index in [0.717, 1.165) is 82.9 Å². The summed E-state index contributed by atoms with van der Waals surface area (Å²) in [4.78, 5) is 28.5. The van der Waals surface area contributed by atoms with Crippen molar-refractivity contribution >= 4 is 33.9 Å². The van der Waals surface area contributed by atoms with Crippen LogP contribution in [0.25, 0.3) is 21.9 Å². The van der Waals surface area contributed by atoms with Crippen LogP contribution in [0.3, 0.4) is 0 Å². The molecule has 1 saturated heterocycles. The molecule has 0 saturated carbocycles. The van der Waals surface area contributed by atoms with Crippen molar-refractivity contribution in [1.82, 2.24) is 14.9 Å². The lowest BCUT2D eigenvalue weighted by molar-refractivity contribution is 0.257. The smallest absolute Gasteiger partial charge is 0.326 e. The summed E-state index contributed by atoms with van der Waals surface area (Å²) in [5, 5.41) is 5.20. The zero-order chi connectivity index (χ0) is 25.4. The number of aromatic nitrogens is 2. The number of nitrogens with zero attached hydrogens (tertiary/aromatic N) is 5. The van der Waals surface area contributed by atoms with E-state index >= 15 is 0 Å². The molecule has 0 unspecified atom stereocenters. The Hall–Kier alpha value is -4.17. The van der Waals surface area contributed by atoms with E-state index in [1.807, 2.05) is 29.2 Å². The van der Waals surface area contributed by atoms with E-state index in [2.05, 4.69) is 56.4 Å². The predicted octanol–water partition coefficient (Wildman–Crippen LogP) is 4.65. The normalized spacial score (nSPS) is 15.6. The molecule has 1 N–H and O–H groups in total. The predicted molar refractivity (Wildman–Crippen MR) is 148 cm³/mol. The van der Waals surface area contributed by atoms with E-state index in [4.69, 9.17) is 4.74 Å². The first kappa shape index (κ1) is 23.2. The molecule has 8 nitrogen and oxygen atoms in total. The number of hydrogen-bond donors (Lipinski definition) is 1. The van der Waals surface area contributed by atoms with Crippen LogP contribution in [0.5, 0.6) is 5.75 Å². The highest BCUT2D eigenvalue weighted by atomic mass is 16.5. The van der Waals surface area contributed by atoms with E-state index in [9.17, 15) is 4.79 Å². The second-order valence-corrected chi connectivity index (χ2v) is 9.61. The number of carbonyl (C=O) groups excluding carboxylic acids is 1. The van der Waals surface area contributed by atoms with Gasteiger partial charge < -0.3 is 19.9 Å². The van der Waals surface area contributed by atoms with Crippen molar-refractivity contribution in [3.63, 3.8) is 0 Å². The Morgan fingerprint density at radius 3 is 2.46 bits per heavy atom. The fourth-order valence-corrected chi connectivity index (χ4v) is 5.36.